The van der Waals surface area contributed by atoms with Gasteiger partial charge in [0.2, 0.25) is 0 Å². The molecule has 0 saturated heterocycles. The number of benzene rings is 1. The van der Waals surface area contributed by atoms with Crippen molar-refractivity contribution in [3.05, 3.63) is 35.9 Å². The van der Waals surface area contributed by atoms with Gasteiger partial charge in [0.15, 0.2) is 0 Å². The van der Waals surface area contributed by atoms with Crippen LogP contribution < -0.4 is 0 Å². The number of halogens is 2. The molecule has 0 fully saturated rings. The van der Waals surface area contributed by atoms with Crippen molar-refractivity contribution >= 4 is 23.2 Å². The zero-order valence-electron chi connectivity index (χ0n) is 6.24. The van der Waals surface area contributed by atoms with Crippen molar-refractivity contribution in [1.82, 2.24) is 0 Å². The van der Waals surface area contributed by atoms with Crippen LogP contribution in [0.5, 0.6) is 0 Å². The van der Waals surface area contributed by atoms with Crippen LogP contribution in [0, 0.1) is 11.3 Å². The van der Waals surface area contributed by atoms with E-state index >= 15 is 0 Å². The summed E-state index contributed by atoms with van der Waals surface area (Å²) in [5, 5.41) is 7.40. The summed E-state index contributed by atoms with van der Waals surface area (Å²) in [6.45, 7) is 0. The predicted octanol–water partition coefficient (Wildman–Crippen LogP) is 3.10. The van der Waals surface area contributed by atoms with E-state index in [0.29, 0.717) is 0 Å². The molecule has 0 saturated carbocycles. The molecular weight excluding hydrogens is 193 g/mol. The lowest BCUT2D eigenvalue weighted by Crippen LogP contribution is -2.03. The summed E-state index contributed by atoms with van der Waals surface area (Å²) in [7, 11) is 0. The maximum Gasteiger partial charge on any atom is 0.140 e. The summed E-state index contributed by atoms with van der Waals surface area (Å²) in [6.07, 6.45) is 0. The molecule has 1 rings (SSSR count). The van der Waals surface area contributed by atoms with Crippen molar-refractivity contribution in [2.45, 2.75) is 10.8 Å². The Bertz CT molecular complexity index is 278. The highest BCUT2D eigenvalue weighted by atomic mass is 35.5. The second kappa shape index (κ2) is 4.35. The molecule has 0 heterocycles. The quantitative estimate of drug-likeness (QED) is 0.673. The van der Waals surface area contributed by atoms with Gasteiger partial charge in [0.1, 0.15) is 5.38 Å². The fraction of sp³-hybridized carbons (Fsp3) is 0.222. The average Bonchev–Trinajstić information content (AvgIpc) is 2.17. The molecule has 0 aliphatic heterocycles. The number of rotatable bonds is 2. The first-order chi connectivity index (χ1) is 5.75. The number of hydrogen-bond donors (Lipinski definition) is 0. The predicted molar refractivity (Wildman–Crippen MR) is 50.3 cm³/mol. The summed E-state index contributed by atoms with van der Waals surface area (Å²) in [6, 6.07) is 11.2. The van der Waals surface area contributed by atoms with Crippen LogP contribution in [-0.4, -0.2) is 5.38 Å². The highest BCUT2D eigenvalue weighted by Crippen LogP contribution is 2.26. The summed E-state index contributed by atoms with van der Waals surface area (Å²) >= 11 is 11.6. The third-order valence-corrected chi connectivity index (χ3v) is 2.48. The SMILES string of the molecule is N#CC(Cl)C(Cl)c1ccccc1. The van der Waals surface area contributed by atoms with Gasteiger partial charge in [-0.25, -0.2) is 0 Å². The molecule has 1 aromatic rings. The van der Waals surface area contributed by atoms with E-state index in [9.17, 15) is 0 Å². The van der Waals surface area contributed by atoms with Gasteiger partial charge in [-0.3, -0.25) is 0 Å². The molecule has 0 aliphatic rings. The zero-order chi connectivity index (χ0) is 8.97. The first kappa shape index (κ1) is 9.38. The normalized spacial score (nSPS) is 14.8. The Hall–Kier alpha value is -0.710. The van der Waals surface area contributed by atoms with Gasteiger partial charge in [-0.15, -0.1) is 23.2 Å². The molecule has 12 heavy (non-hydrogen) atoms. The molecule has 0 spiro atoms. The molecule has 2 atom stereocenters. The summed E-state index contributed by atoms with van der Waals surface area (Å²) in [5.74, 6) is 0. The van der Waals surface area contributed by atoms with E-state index in [-0.39, 0.29) is 0 Å². The van der Waals surface area contributed by atoms with Crippen LogP contribution >= 0.6 is 23.2 Å². The Morgan fingerprint density at radius 1 is 1.17 bits per heavy atom. The Morgan fingerprint density at radius 3 is 2.25 bits per heavy atom. The Kier molecular flexibility index (Phi) is 3.40. The highest BCUT2D eigenvalue weighted by Gasteiger charge is 2.17. The van der Waals surface area contributed by atoms with Crippen molar-refractivity contribution in [2.24, 2.45) is 0 Å². The van der Waals surface area contributed by atoms with E-state index in [1.165, 1.54) is 0 Å². The molecule has 2 unspecified atom stereocenters. The third kappa shape index (κ3) is 2.14. The molecule has 1 nitrogen and oxygen atoms in total. The lowest BCUT2D eigenvalue weighted by molar-refractivity contribution is 0.974. The van der Waals surface area contributed by atoms with Crippen LogP contribution in [-0.2, 0) is 0 Å². The second-order valence-corrected chi connectivity index (χ2v) is 3.28. The molecule has 0 radical (unpaired) electrons. The maximum atomic E-state index is 8.50. The van der Waals surface area contributed by atoms with Crippen LogP contribution in [0.3, 0.4) is 0 Å². The fourth-order valence-electron chi connectivity index (χ4n) is 0.871. The van der Waals surface area contributed by atoms with Crippen LogP contribution in [0.1, 0.15) is 10.9 Å². The van der Waals surface area contributed by atoms with Gasteiger partial charge in [-0.05, 0) is 5.56 Å². The first-order valence-corrected chi connectivity index (χ1v) is 4.35. The number of nitrogens with zero attached hydrogens (tertiary/aromatic N) is 1. The van der Waals surface area contributed by atoms with Gasteiger partial charge in [0.25, 0.3) is 0 Å². The van der Waals surface area contributed by atoms with Crippen molar-refractivity contribution in [3.63, 3.8) is 0 Å². The first-order valence-electron chi connectivity index (χ1n) is 3.48. The zero-order valence-corrected chi connectivity index (χ0v) is 7.76. The minimum Gasteiger partial charge on any atom is -0.197 e. The van der Waals surface area contributed by atoms with Gasteiger partial charge in [0, 0.05) is 0 Å². The molecule has 1 aromatic carbocycles. The van der Waals surface area contributed by atoms with E-state index in [4.69, 9.17) is 28.5 Å². The Labute approximate surface area is 81.5 Å². The molecule has 3 heteroatoms. The van der Waals surface area contributed by atoms with Crippen LogP contribution in [0.15, 0.2) is 30.3 Å². The lowest BCUT2D eigenvalue weighted by Gasteiger charge is -2.08. The minimum absolute atomic E-state index is 0.433. The lowest BCUT2D eigenvalue weighted by atomic mass is 10.1. The Balaban J connectivity index is 2.80. The van der Waals surface area contributed by atoms with Gasteiger partial charge in [-0.1, -0.05) is 30.3 Å². The third-order valence-electron chi connectivity index (χ3n) is 1.50. The van der Waals surface area contributed by atoms with Crippen molar-refractivity contribution in [3.8, 4) is 6.07 Å². The smallest absolute Gasteiger partial charge is 0.140 e. The van der Waals surface area contributed by atoms with Gasteiger partial charge < -0.3 is 0 Å². The average molecular weight is 200 g/mol. The molecule has 0 bridgehead atoms. The summed E-state index contributed by atoms with van der Waals surface area (Å²) in [4.78, 5) is 0. The van der Waals surface area contributed by atoms with Crippen LogP contribution in [0.25, 0.3) is 0 Å². The maximum absolute atomic E-state index is 8.50. The monoisotopic (exact) mass is 199 g/mol. The van der Waals surface area contributed by atoms with Crippen molar-refractivity contribution in [1.29, 1.82) is 5.26 Å². The molecule has 0 N–H and O–H groups in total. The summed E-state index contributed by atoms with van der Waals surface area (Å²) in [5.41, 5.74) is 0.876. The molecule has 0 amide bonds. The molecular formula is C9H7Cl2N. The molecule has 0 aromatic heterocycles. The number of nitriles is 1. The van der Waals surface area contributed by atoms with Crippen LogP contribution in [0.2, 0.25) is 0 Å². The topological polar surface area (TPSA) is 23.8 Å². The minimum atomic E-state index is -0.672. The van der Waals surface area contributed by atoms with Gasteiger partial charge in [0.05, 0.1) is 11.4 Å². The van der Waals surface area contributed by atoms with Crippen LogP contribution in [0.4, 0.5) is 0 Å². The van der Waals surface area contributed by atoms with E-state index < -0.39 is 10.8 Å². The van der Waals surface area contributed by atoms with Crippen molar-refractivity contribution < 1.29 is 0 Å². The second-order valence-electron chi connectivity index (χ2n) is 2.34. The summed E-state index contributed by atoms with van der Waals surface area (Å²) < 4.78 is 0. The van der Waals surface area contributed by atoms with Crippen molar-refractivity contribution in [2.75, 3.05) is 0 Å². The van der Waals surface area contributed by atoms with Gasteiger partial charge in [-0.2, -0.15) is 5.26 Å². The van der Waals surface area contributed by atoms with E-state index in [2.05, 4.69) is 0 Å². The molecule has 0 aliphatic carbocycles. The van der Waals surface area contributed by atoms with Gasteiger partial charge >= 0.3 is 0 Å². The van der Waals surface area contributed by atoms with E-state index in [1.807, 2.05) is 36.4 Å². The highest BCUT2D eigenvalue weighted by molar-refractivity contribution is 6.31. The largest absolute Gasteiger partial charge is 0.197 e. The molecule has 62 valence electrons. The fourth-order valence-corrected chi connectivity index (χ4v) is 1.22. The van der Waals surface area contributed by atoms with E-state index in [1.54, 1.807) is 0 Å². The standard InChI is InChI=1S/C9H7Cl2N/c10-8(6-12)9(11)7-4-2-1-3-5-7/h1-5,8-9H. The number of alkyl halides is 2. The number of hydrogen-bond acceptors (Lipinski definition) is 1. The Morgan fingerprint density at radius 2 is 1.75 bits per heavy atom. The van der Waals surface area contributed by atoms with E-state index in [0.717, 1.165) is 5.56 Å².